The number of carbonyl (C=O) groups excluding carboxylic acids is 1. The monoisotopic (exact) mass is 517 g/mol. The fraction of sp³-hybridized carbons (Fsp3) is 0.875. The van der Waals surface area contributed by atoms with Crippen LogP contribution in [0.1, 0.15) is 19.8 Å². The standard InChI is InChI=1S/C16H31N5O4S.HI/c1-4-25-16(22)20-11-9-19(10-12-20)15(17-2)18-13-14-5-7-21(8-6-14)26(3,23)24;/h14H,4-13H2,1-3H3,(H,17,18);1H. The van der Waals surface area contributed by atoms with Crippen molar-refractivity contribution in [2.24, 2.45) is 10.9 Å². The Morgan fingerprint density at radius 3 is 2.15 bits per heavy atom. The number of rotatable bonds is 4. The highest BCUT2D eigenvalue weighted by molar-refractivity contribution is 14.0. The van der Waals surface area contributed by atoms with Gasteiger partial charge in [-0.1, -0.05) is 0 Å². The topological polar surface area (TPSA) is 94.6 Å². The molecule has 158 valence electrons. The van der Waals surface area contributed by atoms with Crippen molar-refractivity contribution in [2.75, 3.05) is 65.7 Å². The van der Waals surface area contributed by atoms with Crippen molar-refractivity contribution >= 4 is 46.1 Å². The van der Waals surface area contributed by atoms with Gasteiger partial charge in [0, 0.05) is 52.9 Å². The van der Waals surface area contributed by atoms with Gasteiger partial charge >= 0.3 is 6.09 Å². The van der Waals surface area contributed by atoms with E-state index in [9.17, 15) is 13.2 Å². The van der Waals surface area contributed by atoms with E-state index in [-0.39, 0.29) is 30.1 Å². The lowest BCUT2D eigenvalue weighted by atomic mass is 9.98. The predicted molar refractivity (Wildman–Crippen MR) is 116 cm³/mol. The molecule has 2 aliphatic rings. The summed E-state index contributed by atoms with van der Waals surface area (Å²) in [4.78, 5) is 20.0. The van der Waals surface area contributed by atoms with Crippen LogP contribution in [0.25, 0.3) is 0 Å². The van der Waals surface area contributed by atoms with Crippen LogP contribution >= 0.6 is 24.0 Å². The van der Waals surface area contributed by atoms with Crippen LogP contribution in [0.3, 0.4) is 0 Å². The van der Waals surface area contributed by atoms with Gasteiger partial charge in [-0.2, -0.15) is 0 Å². The SMILES string of the molecule is CCOC(=O)N1CCN(C(=NC)NCC2CCN(S(C)(=O)=O)CC2)CC1.I. The normalized spacial score (nSPS) is 20.2. The molecule has 0 bridgehead atoms. The maximum atomic E-state index is 11.8. The third kappa shape index (κ3) is 7.26. The minimum absolute atomic E-state index is 0. The van der Waals surface area contributed by atoms with Crippen molar-refractivity contribution < 1.29 is 17.9 Å². The van der Waals surface area contributed by atoms with E-state index in [0.29, 0.717) is 51.8 Å². The summed E-state index contributed by atoms with van der Waals surface area (Å²) >= 11 is 0. The molecule has 2 fully saturated rings. The first kappa shape index (κ1) is 24.2. The Bertz CT molecular complexity index is 600. The first-order valence-electron chi connectivity index (χ1n) is 9.17. The highest BCUT2D eigenvalue weighted by Crippen LogP contribution is 2.18. The largest absolute Gasteiger partial charge is 0.450 e. The maximum absolute atomic E-state index is 11.8. The molecule has 0 spiro atoms. The average molecular weight is 517 g/mol. The summed E-state index contributed by atoms with van der Waals surface area (Å²) in [5, 5.41) is 3.40. The molecular formula is C16H32IN5O4S. The summed E-state index contributed by atoms with van der Waals surface area (Å²) in [6.45, 7) is 6.81. The number of carbonyl (C=O) groups is 1. The molecule has 0 radical (unpaired) electrons. The molecule has 0 aromatic rings. The van der Waals surface area contributed by atoms with Crippen LogP contribution in [-0.2, 0) is 14.8 Å². The summed E-state index contributed by atoms with van der Waals surface area (Å²) in [6, 6.07) is 0. The molecule has 0 unspecified atom stereocenters. The van der Waals surface area contributed by atoms with E-state index in [1.807, 2.05) is 0 Å². The van der Waals surface area contributed by atoms with Gasteiger partial charge in [-0.3, -0.25) is 4.99 Å². The molecule has 2 rings (SSSR count). The highest BCUT2D eigenvalue weighted by Gasteiger charge is 2.26. The lowest BCUT2D eigenvalue weighted by molar-refractivity contribution is 0.0914. The lowest BCUT2D eigenvalue weighted by Crippen LogP contribution is -2.54. The second-order valence-corrected chi connectivity index (χ2v) is 8.69. The summed E-state index contributed by atoms with van der Waals surface area (Å²) < 4.78 is 29.7. The maximum Gasteiger partial charge on any atom is 0.409 e. The van der Waals surface area contributed by atoms with Gasteiger partial charge < -0.3 is 19.9 Å². The Balaban J connectivity index is 0.00000364. The van der Waals surface area contributed by atoms with Crippen molar-refractivity contribution in [3.63, 3.8) is 0 Å². The molecule has 1 N–H and O–H groups in total. The van der Waals surface area contributed by atoms with Gasteiger partial charge in [0.1, 0.15) is 0 Å². The molecule has 2 aliphatic heterocycles. The first-order chi connectivity index (χ1) is 12.3. The number of piperazine rings is 1. The Morgan fingerprint density at radius 1 is 1.11 bits per heavy atom. The summed E-state index contributed by atoms with van der Waals surface area (Å²) in [5.74, 6) is 1.27. The number of nitrogens with one attached hydrogen (secondary N) is 1. The van der Waals surface area contributed by atoms with E-state index in [1.54, 1.807) is 23.2 Å². The number of halogens is 1. The average Bonchev–Trinajstić information content (AvgIpc) is 2.62. The van der Waals surface area contributed by atoms with Gasteiger partial charge in [-0.25, -0.2) is 17.5 Å². The Kier molecular flexibility index (Phi) is 10.1. The quantitative estimate of drug-likeness (QED) is 0.334. The molecule has 2 heterocycles. The highest BCUT2D eigenvalue weighted by atomic mass is 127. The molecule has 0 aromatic carbocycles. The summed E-state index contributed by atoms with van der Waals surface area (Å²) in [6.07, 6.45) is 2.72. The van der Waals surface area contributed by atoms with Crippen LogP contribution in [0, 0.1) is 5.92 Å². The number of piperidine rings is 1. The van der Waals surface area contributed by atoms with Crippen LogP contribution in [0.5, 0.6) is 0 Å². The Morgan fingerprint density at radius 2 is 1.67 bits per heavy atom. The van der Waals surface area contributed by atoms with E-state index >= 15 is 0 Å². The molecule has 11 heteroatoms. The second kappa shape index (κ2) is 11.2. The zero-order chi connectivity index (χ0) is 19.2. The van der Waals surface area contributed by atoms with Crippen LogP contribution in [0.2, 0.25) is 0 Å². The van der Waals surface area contributed by atoms with E-state index in [1.165, 1.54) is 6.26 Å². The molecule has 0 atom stereocenters. The van der Waals surface area contributed by atoms with Crippen LogP contribution in [0.4, 0.5) is 4.79 Å². The molecular weight excluding hydrogens is 485 g/mol. The zero-order valence-electron chi connectivity index (χ0n) is 16.4. The van der Waals surface area contributed by atoms with E-state index < -0.39 is 10.0 Å². The van der Waals surface area contributed by atoms with Gasteiger partial charge in [0.2, 0.25) is 10.0 Å². The molecule has 0 saturated carbocycles. The van der Waals surface area contributed by atoms with Gasteiger partial charge in [0.15, 0.2) is 5.96 Å². The molecule has 1 amide bonds. The van der Waals surface area contributed by atoms with E-state index in [2.05, 4.69) is 15.2 Å². The zero-order valence-corrected chi connectivity index (χ0v) is 19.5. The lowest BCUT2D eigenvalue weighted by Gasteiger charge is -2.36. The number of guanidine groups is 1. The third-order valence-electron chi connectivity index (χ3n) is 4.91. The number of amides is 1. The number of sulfonamides is 1. The van der Waals surface area contributed by atoms with Gasteiger partial charge in [-0.05, 0) is 25.7 Å². The van der Waals surface area contributed by atoms with E-state index in [0.717, 1.165) is 25.3 Å². The fourth-order valence-electron chi connectivity index (χ4n) is 3.33. The molecule has 0 aliphatic carbocycles. The van der Waals surface area contributed by atoms with Crippen molar-refractivity contribution in [3.05, 3.63) is 0 Å². The van der Waals surface area contributed by atoms with Gasteiger partial charge in [0.25, 0.3) is 0 Å². The number of hydrogen-bond donors (Lipinski definition) is 1. The molecule has 0 aromatic heterocycles. The summed E-state index contributed by atoms with van der Waals surface area (Å²) in [7, 11) is -1.32. The van der Waals surface area contributed by atoms with Crippen LogP contribution in [-0.4, -0.2) is 100 Å². The van der Waals surface area contributed by atoms with Gasteiger partial charge in [0.05, 0.1) is 12.9 Å². The number of aliphatic imine (C=N–C) groups is 1. The van der Waals surface area contributed by atoms with Gasteiger partial charge in [-0.15, -0.1) is 24.0 Å². The number of nitrogens with zero attached hydrogens (tertiary/aromatic N) is 4. The molecule has 9 nitrogen and oxygen atoms in total. The predicted octanol–water partition coefficient (Wildman–Crippen LogP) is 0.626. The number of hydrogen-bond acceptors (Lipinski definition) is 5. The minimum atomic E-state index is -3.08. The van der Waals surface area contributed by atoms with Crippen molar-refractivity contribution in [1.82, 2.24) is 19.4 Å². The molecule has 27 heavy (non-hydrogen) atoms. The Hall–Kier alpha value is -0.820. The summed E-state index contributed by atoms with van der Waals surface area (Å²) in [5.41, 5.74) is 0. The van der Waals surface area contributed by atoms with E-state index in [4.69, 9.17) is 4.74 Å². The van der Waals surface area contributed by atoms with Crippen LogP contribution in [0.15, 0.2) is 4.99 Å². The minimum Gasteiger partial charge on any atom is -0.450 e. The molecule has 2 saturated heterocycles. The van der Waals surface area contributed by atoms with Crippen LogP contribution < -0.4 is 5.32 Å². The second-order valence-electron chi connectivity index (χ2n) is 6.71. The number of ether oxygens (including phenoxy) is 1. The van der Waals surface area contributed by atoms with Crippen molar-refractivity contribution in [3.8, 4) is 0 Å². The van der Waals surface area contributed by atoms with Crippen molar-refractivity contribution in [1.29, 1.82) is 0 Å². The fourth-order valence-corrected chi connectivity index (χ4v) is 4.20. The smallest absolute Gasteiger partial charge is 0.409 e. The van der Waals surface area contributed by atoms with Crippen molar-refractivity contribution in [2.45, 2.75) is 19.8 Å². The Labute approximate surface area is 179 Å². The third-order valence-corrected chi connectivity index (χ3v) is 6.21. The first-order valence-corrected chi connectivity index (χ1v) is 11.0.